The fourth-order valence-corrected chi connectivity index (χ4v) is 5.76. The lowest BCUT2D eigenvalue weighted by atomic mass is 9.88. The van der Waals surface area contributed by atoms with Gasteiger partial charge in [-0.05, 0) is 63.6 Å². The molecule has 0 bridgehead atoms. The molecule has 2 atom stereocenters. The van der Waals surface area contributed by atoms with Crippen LogP contribution in [0.15, 0.2) is 12.2 Å². The Labute approximate surface area is 266 Å². The van der Waals surface area contributed by atoms with E-state index in [0.29, 0.717) is 23.7 Å². The van der Waals surface area contributed by atoms with Crippen molar-refractivity contribution in [2.75, 3.05) is 13.2 Å². The number of carbonyl (C=O) groups excluding carboxylic acids is 1. The van der Waals surface area contributed by atoms with Crippen LogP contribution in [-0.2, 0) is 9.53 Å². The second-order valence-corrected chi connectivity index (χ2v) is 13.0. The minimum absolute atomic E-state index is 0.0334. The van der Waals surface area contributed by atoms with E-state index in [1.807, 2.05) is 0 Å². The zero-order valence-corrected chi connectivity index (χ0v) is 28.8. The Hall–Kier alpha value is -0.780. The summed E-state index contributed by atoms with van der Waals surface area (Å²) in [6, 6.07) is 0. The number of thiocarbonyl (C=S) groups is 1. The van der Waals surface area contributed by atoms with Gasteiger partial charge >= 0.3 is 0 Å². The molecule has 0 aromatic carbocycles. The van der Waals surface area contributed by atoms with Crippen LogP contribution in [-0.4, -0.2) is 40.4 Å². The van der Waals surface area contributed by atoms with E-state index >= 15 is 0 Å². The Kier molecular flexibility index (Phi) is 32.5. The van der Waals surface area contributed by atoms with Crippen LogP contribution >= 0.6 is 12.2 Å². The number of carbonyl (C=O) groups is 1. The Morgan fingerprint density at radius 1 is 0.643 bits per heavy atom. The molecule has 0 rings (SSSR count). The largest absolute Gasteiger partial charge is 0.484 e. The molecule has 0 spiro atoms. The number of aliphatic hydroxyl groups excluding tert-OH is 2. The first kappa shape index (κ1) is 41.2. The van der Waals surface area contributed by atoms with Crippen LogP contribution < -0.4 is 0 Å². The Morgan fingerprint density at radius 3 is 1.62 bits per heavy atom. The molecule has 0 aromatic rings. The van der Waals surface area contributed by atoms with Gasteiger partial charge in [-0.1, -0.05) is 135 Å². The van der Waals surface area contributed by atoms with Crippen LogP contribution in [0.5, 0.6) is 0 Å². The van der Waals surface area contributed by atoms with Gasteiger partial charge in [0.1, 0.15) is 18.5 Å². The van der Waals surface area contributed by atoms with Crippen molar-refractivity contribution in [3.8, 4) is 0 Å². The SMILES string of the molecule is CCCCCCCC/C=C\CCCCCCCC(=O)C(CCCCCCCCCCC)CCCC(=S)OCC(O)CO. The van der Waals surface area contributed by atoms with Crippen LogP contribution in [0.3, 0.4) is 0 Å². The fraction of sp³-hybridized carbons (Fsp3) is 0.892. The second kappa shape index (κ2) is 33.1. The number of hydrogen-bond acceptors (Lipinski definition) is 5. The van der Waals surface area contributed by atoms with Gasteiger partial charge in [0.2, 0.25) is 0 Å². The predicted molar refractivity (Wildman–Crippen MR) is 185 cm³/mol. The van der Waals surface area contributed by atoms with E-state index in [9.17, 15) is 9.90 Å². The third-order valence-electron chi connectivity index (χ3n) is 8.38. The van der Waals surface area contributed by atoms with Crippen molar-refractivity contribution in [3.05, 3.63) is 12.2 Å². The number of rotatable bonds is 33. The number of aliphatic hydroxyl groups is 2. The van der Waals surface area contributed by atoms with Crippen molar-refractivity contribution in [1.82, 2.24) is 0 Å². The molecule has 0 aliphatic carbocycles. The van der Waals surface area contributed by atoms with E-state index in [-0.39, 0.29) is 19.1 Å². The first-order valence-electron chi connectivity index (χ1n) is 18.2. The van der Waals surface area contributed by atoms with Crippen molar-refractivity contribution in [3.63, 3.8) is 0 Å². The van der Waals surface area contributed by atoms with Crippen molar-refractivity contribution in [2.24, 2.45) is 5.92 Å². The number of ether oxygens (including phenoxy) is 1. The van der Waals surface area contributed by atoms with E-state index in [2.05, 4.69) is 26.0 Å². The molecule has 0 radical (unpaired) electrons. The summed E-state index contributed by atoms with van der Waals surface area (Å²) in [5.74, 6) is 0.576. The molecule has 2 N–H and O–H groups in total. The topological polar surface area (TPSA) is 66.8 Å². The van der Waals surface area contributed by atoms with Gasteiger partial charge < -0.3 is 14.9 Å². The van der Waals surface area contributed by atoms with Gasteiger partial charge in [-0.15, -0.1) is 0 Å². The first-order chi connectivity index (χ1) is 20.5. The van der Waals surface area contributed by atoms with Gasteiger partial charge in [-0.3, -0.25) is 4.79 Å². The van der Waals surface area contributed by atoms with E-state index < -0.39 is 6.10 Å². The summed E-state index contributed by atoms with van der Waals surface area (Å²) in [5, 5.41) is 18.9. The molecular formula is C37H70O4S. The summed E-state index contributed by atoms with van der Waals surface area (Å²) in [4.78, 5) is 13.1. The lowest BCUT2D eigenvalue weighted by molar-refractivity contribution is -0.123. The van der Waals surface area contributed by atoms with Crippen LogP contribution in [0.1, 0.15) is 187 Å². The van der Waals surface area contributed by atoms with E-state index in [0.717, 1.165) is 38.5 Å². The summed E-state index contributed by atoms with van der Waals surface area (Å²) in [7, 11) is 0. The average Bonchev–Trinajstić information content (AvgIpc) is 2.99. The summed E-state index contributed by atoms with van der Waals surface area (Å²) < 4.78 is 5.39. The van der Waals surface area contributed by atoms with Gasteiger partial charge in [0.15, 0.2) is 5.05 Å². The first-order valence-corrected chi connectivity index (χ1v) is 18.6. The maximum absolute atomic E-state index is 13.1. The van der Waals surface area contributed by atoms with Gasteiger partial charge in [-0.25, -0.2) is 0 Å². The number of Topliss-reactive ketones (excluding diaryl/α,β-unsaturated/α-hetero) is 1. The van der Waals surface area contributed by atoms with Gasteiger partial charge in [0, 0.05) is 18.8 Å². The summed E-state index contributed by atoms with van der Waals surface area (Å²) >= 11 is 5.28. The highest BCUT2D eigenvalue weighted by atomic mass is 32.1. The maximum atomic E-state index is 13.1. The standard InChI is InChI=1S/C37H70O4S/c1-3-5-7-9-11-13-14-15-16-17-18-20-22-24-26-30-36(40)34(28-25-23-21-19-12-10-8-6-4-2)29-27-31-37(42)41-33-35(39)32-38/h15-16,34-35,38-39H,3-14,17-33H2,1-2H3/b16-15-. The number of unbranched alkanes of at least 4 members (excludes halogenated alkanes) is 19. The second-order valence-electron chi connectivity index (χ2n) is 12.5. The van der Waals surface area contributed by atoms with Crippen molar-refractivity contribution < 1.29 is 19.7 Å². The van der Waals surface area contributed by atoms with E-state index in [4.69, 9.17) is 22.1 Å². The minimum Gasteiger partial charge on any atom is -0.484 e. The predicted octanol–water partition coefficient (Wildman–Crippen LogP) is 11.0. The van der Waals surface area contributed by atoms with Crippen molar-refractivity contribution in [1.29, 1.82) is 0 Å². The lowest BCUT2D eigenvalue weighted by Gasteiger charge is -2.17. The Morgan fingerprint density at radius 2 is 1.10 bits per heavy atom. The van der Waals surface area contributed by atoms with Gasteiger partial charge in [-0.2, -0.15) is 0 Å². The molecule has 0 saturated carbocycles. The molecule has 5 heteroatoms. The molecule has 0 heterocycles. The average molecular weight is 611 g/mol. The van der Waals surface area contributed by atoms with Crippen LogP contribution in [0, 0.1) is 5.92 Å². The normalized spacial score (nSPS) is 13.0. The van der Waals surface area contributed by atoms with Crippen LogP contribution in [0.4, 0.5) is 0 Å². The minimum atomic E-state index is -0.893. The molecule has 0 amide bonds. The molecule has 0 aliphatic rings. The zero-order chi connectivity index (χ0) is 30.9. The van der Waals surface area contributed by atoms with E-state index in [1.54, 1.807) is 0 Å². The third kappa shape index (κ3) is 29.3. The lowest BCUT2D eigenvalue weighted by Crippen LogP contribution is -2.21. The molecule has 0 fully saturated rings. The van der Waals surface area contributed by atoms with Gasteiger partial charge in [0.25, 0.3) is 0 Å². The van der Waals surface area contributed by atoms with Gasteiger partial charge in [0.05, 0.1) is 6.61 Å². The zero-order valence-electron chi connectivity index (χ0n) is 27.9. The number of hydrogen-bond donors (Lipinski definition) is 2. The van der Waals surface area contributed by atoms with Crippen LogP contribution in [0.2, 0.25) is 0 Å². The number of allylic oxidation sites excluding steroid dienone is 2. The quantitative estimate of drug-likeness (QED) is 0.0439. The highest BCUT2D eigenvalue weighted by Gasteiger charge is 2.18. The maximum Gasteiger partial charge on any atom is 0.159 e. The highest BCUT2D eigenvalue weighted by Crippen LogP contribution is 2.22. The highest BCUT2D eigenvalue weighted by molar-refractivity contribution is 7.80. The summed E-state index contributed by atoms with van der Waals surface area (Å²) in [6.07, 6.45) is 36.2. The molecule has 248 valence electrons. The van der Waals surface area contributed by atoms with Crippen molar-refractivity contribution in [2.45, 2.75) is 193 Å². The van der Waals surface area contributed by atoms with Crippen molar-refractivity contribution >= 4 is 23.1 Å². The fourth-order valence-electron chi connectivity index (χ4n) is 5.55. The molecule has 0 aliphatic heterocycles. The smallest absolute Gasteiger partial charge is 0.159 e. The molecule has 2 unspecified atom stereocenters. The Bertz CT molecular complexity index is 621. The van der Waals surface area contributed by atoms with E-state index in [1.165, 1.54) is 122 Å². The number of ketones is 1. The summed E-state index contributed by atoms with van der Waals surface area (Å²) in [6.45, 7) is 4.24. The third-order valence-corrected chi connectivity index (χ3v) is 8.70. The monoisotopic (exact) mass is 610 g/mol. The summed E-state index contributed by atoms with van der Waals surface area (Å²) in [5.41, 5.74) is 0. The molecule has 4 nitrogen and oxygen atoms in total. The molecule has 0 saturated heterocycles. The Balaban J connectivity index is 4.15. The van der Waals surface area contributed by atoms with Crippen LogP contribution in [0.25, 0.3) is 0 Å². The molecule has 42 heavy (non-hydrogen) atoms. The molecule has 0 aromatic heterocycles. The molecular weight excluding hydrogens is 540 g/mol.